The fourth-order valence-corrected chi connectivity index (χ4v) is 4.59. The molecule has 0 aromatic heterocycles. The van der Waals surface area contributed by atoms with Gasteiger partial charge in [-0.05, 0) is 53.6 Å². The molecule has 1 N–H and O–H groups in total. The number of rotatable bonds is 2. The molecule has 0 saturated carbocycles. The van der Waals surface area contributed by atoms with Gasteiger partial charge in [0.25, 0.3) is 0 Å². The van der Waals surface area contributed by atoms with Crippen LogP contribution in [0.15, 0.2) is 36.4 Å². The highest BCUT2D eigenvalue weighted by molar-refractivity contribution is 5.72. The Kier molecular flexibility index (Phi) is 2.81. The van der Waals surface area contributed by atoms with Gasteiger partial charge in [-0.25, -0.2) is 0 Å². The summed E-state index contributed by atoms with van der Waals surface area (Å²) in [7, 11) is 1.75. The SMILES string of the molecule is COc1cc(C)c2c(c1)[C@H]1Cc3ccccc3[C@@]1(C(C)C)N2. The van der Waals surface area contributed by atoms with Gasteiger partial charge in [-0.15, -0.1) is 0 Å². The van der Waals surface area contributed by atoms with Crippen molar-refractivity contribution in [1.29, 1.82) is 0 Å². The third-order valence-electron chi connectivity index (χ3n) is 5.63. The number of methoxy groups -OCH3 is 1. The van der Waals surface area contributed by atoms with Crippen molar-refractivity contribution in [3.05, 3.63) is 58.7 Å². The molecule has 0 radical (unpaired) electrons. The van der Waals surface area contributed by atoms with Crippen molar-refractivity contribution >= 4 is 5.69 Å². The second-order valence-corrected chi connectivity index (χ2v) is 6.97. The lowest BCUT2D eigenvalue weighted by Crippen LogP contribution is -2.39. The average molecular weight is 293 g/mol. The largest absolute Gasteiger partial charge is 0.497 e. The van der Waals surface area contributed by atoms with Crippen molar-refractivity contribution in [1.82, 2.24) is 0 Å². The van der Waals surface area contributed by atoms with Crippen LogP contribution in [-0.4, -0.2) is 7.11 Å². The van der Waals surface area contributed by atoms with Gasteiger partial charge in [0, 0.05) is 11.6 Å². The first-order valence-electron chi connectivity index (χ1n) is 8.13. The minimum absolute atomic E-state index is 0.0239. The van der Waals surface area contributed by atoms with Crippen LogP contribution < -0.4 is 10.1 Å². The second kappa shape index (κ2) is 4.52. The minimum Gasteiger partial charge on any atom is -0.497 e. The summed E-state index contributed by atoms with van der Waals surface area (Å²) in [5, 5.41) is 3.93. The maximum atomic E-state index is 5.51. The van der Waals surface area contributed by atoms with Crippen molar-refractivity contribution in [2.45, 2.75) is 38.6 Å². The lowest BCUT2D eigenvalue weighted by Gasteiger charge is -2.36. The third-order valence-corrected chi connectivity index (χ3v) is 5.63. The second-order valence-electron chi connectivity index (χ2n) is 6.97. The summed E-state index contributed by atoms with van der Waals surface area (Å²) in [4.78, 5) is 0. The van der Waals surface area contributed by atoms with Gasteiger partial charge in [0.05, 0.1) is 12.6 Å². The molecule has 4 rings (SSSR count). The lowest BCUT2D eigenvalue weighted by atomic mass is 9.75. The number of hydrogen-bond acceptors (Lipinski definition) is 2. The molecule has 0 amide bonds. The Hall–Kier alpha value is -1.96. The first kappa shape index (κ1) is 13.7. The van der Waals surface area contributed by atoms with Crippen LogP contribution in [0.2, 0.25) is 0 Å². The normalized spacial score (nSPS) is 24.7. The molecule has 2 aromatic rings. The Morgan fingerprint density at radius 1 is 1.23 bits per heavy atom. The van der Waals surface area contributed by atoms with E-state index < -0.39 is 0 Å². The van der Waals surface area contributed by atoms with Crippen LogP contribution in [0.5, 0.6) is 5.75 Å². The Balaban J connectivity index is 1.95. The van der Waals surface area contributed by atoms with Crippen molar-refractivity contribution in [3.63, 3.8) is 0 Å². The number of hydrogen-bond donors (Lipinski definition) is 1. The van der Waals surface area contributed by atoms with E-state index in [0.717, 1.165) is 12.2 Å². The number of fused-ring (bicyclic) bond motifs is 5. The van der Waals surface area contributed by atoms with E-state index in [0.29, 0.717) is 11.8 Å². The highest BCUT2D eigenvalue weighted by Gasteiger charge is 2.54. The molecule has 0 bridgehead atoms. The Morgan fingerprint density at radius 2 is 2.00 bits per heavy atom. The Morgan fingerprint density at radius 3 is 2.73 bits per heavy atom. The van der Waals surface area contributed by atoms with Gasteiger partial charge in [-0.2, -0.15) is 0 Å². The third kappa shape index (κ3) is 1.55. The molecule has 2 aliphatic rings. The zero-order chi connectivity index (χ0) is 15.5. The zero-order valence-electron chi connectivity index (χ0n) is 13.7. The van der Waals surface area contributed by atoms with E-state index in [1.807, 2.05) is 0 Å². The van der Waals surface area contributed by atoms with Crippen LogP contribution in [0.3, 0.4) is 0 Å². The molecular formula is C20H23NO. The summed E-state index contributed by atoms with van der Waals surface area (Å²) in [6.45, 7) is 6.84. The minimum atomic E-state index is 0.0239. The first-order chi connectivity index (χ1) is 10.6. The summed E-state index contributed by atoms with van der Waals surface area (Å²) >= 11 is 0. The quantitative estimate of drug-likeness (QED) is 0.872. The molecule has 0 fully saturated rings. The smallest absolute Gasteiger partial charge is 0.119 e. The molecule has 2 nitrogen and oxygen atoms in total. The van der Waals surface area contributed by atoms with E-state index in [9.17, 15) is 0 Å². The van der Waals surface area contributed by atoms with Crippen molar-refractivity contribution in [3.8, 4) is 5.75 Å². The van der Waals surface area contributed by atoms with E-state index in [2.05, 4.69) is 62.5 Å². The summed E-state index contributed by atoms with van der Waals surface area (Å²) in [5.74, 6) is 1.99. The van der Waals surface area contributed by atoms with Gasteiger partial charge in [-0.1, -0.05) is 38.1 Å². The van der Waals surface area contributed by atoms with Gasteiger partial charge in [-0.3, -0.25) is 0 Å². The predicted molar refractivity (Wildman–Crippen MR) is 90.8 cm³/mol. The van der Waals surface area contributed by atoms with Gasteiger partial charge in [0.15, 0.2) is 0 Å². The predicted octanol–water partition coefficient (Wildman–Crippen LogP) is 4.62. The number of ether oxygens (including phenoxy) is 1. The van der Waals surface area contributed by atoms with Crippen LogP contribution in [0.1, 0.15) is 42.0 Å². The van der Waals surface area contributed by atoms with Crippen molar-refractivity contribution < 1.29 is 4.74 Å². The van der Waals surface area contributed by atoms with Crippen molar-refractivity contribution in [2.75, 3.05) is 12.4 Å². The number of nitrogens with one attached hydrogen (secondary N) is 1. The number of benzene rings is 2. The van der Waals surface area contributed by atoms with E-state index in [1.165, 1.54) is 27.9 Å². The molecule has 2 heteroatoms. The topological polar surface area (TPSA) is 21.3 Å². The van der Waals surface area contributed by atoms with Crippen molar-refractivity contribution in [2.24, 2.45) is 5.92 Å². The summed E-state index contributed by atoms with van der Waals surface area (Å²) in [6.07, 6.45) is 1.11. The first-order valence-corrected chi connectivity index (χ1v) is 8.13. The molecule has 2 aromatic carbocycles. The van der Waals surface area contributed by atoms with Gasteiger partial charge in [0.2, 0.25) is 0 Å². The molecule has 0 spiro atoms. The molecule has 114 valence electrons. The number of anilines is 1. The van der Waals surface area contributed by atoms with Gasteiger partial charge < -0.3 is 10.1 Å². The monoisotopic (exact) mass is 293 g/mol. The van der Waals surface area contributed by atoms with E-state index in [4.69, 9.17) is 4.74 Å². The molecular weight excluding hydrogens is 270 g/mol. The highest BCUT2D eigenvalue weighted by atomic mass is 16.5. The van der Waals surface area contributed by atoms with Crippen LogP contribution in [0.25, 0.3) is 0 Å². The fourth-order valence-electron chi connectivity index (χ4n) is 4.59. The molecule has 2 atom stereocenters. The lowest BCUT2D eigenvalue weighted by molar-refractivity contribution is 0.325. The van der Waals surface area contributed by atoms with E-state index in [1.54, 1.807) is 7.11 Å². The maximum Gasteiger partial charge on any atom is 0.119 e. The fraction of sp³-hybridized carbons (Fsp3) is 0.400. The summed E-state index contributed by atoms with van der Waals surface area (Å²) in [5.41, 5.74) is 7.00. The molecule has 1 aliphatic heterocycles. The zero-order valence-corrected chi connectivity index (χ0v) is 13.7. The summed E-state index contributed by atoms with van der Waals surface area (Å²) in [6, 6.07) is 13.3. The molecule has 1 heterocycles. The van der Waals surface area contributed by atoms with Crippen LogP contribution >= 0.6 is 0 Å². The van der Waals surface area contributed by atoms with E-state index >= 15 is 0 Å². The Labute approximate surface area is 132 Å². The average Bonchev–Trinajstić information content (AvgIpc) is 3.00. The molecule has 0 unspecified atom stereocenters. The van der Waals surface area contributed by atoms with Crippen LogP contribution in [-0.2, 0) is 12.0 Å². The molecule has 22 heavy (non-hydrogen) atoms. The standard InChI is InChI=1S/C20H23NO/c1-12(2)20-17-8-6-5-7-14(17)10-18(20)16-11-15(22-4)9-13(3)19(16)21-20/h5-9,11-12,18,21H,10H2,1-4H3/t18-,20-/m1/s1. The molecule has 1 aliphatic carbocycles. The highest BCUT2D eigenvalue weighted by Crippen LogP contribution is 2.59. The molecule has 0 saturated heterocycles. The Bertz CT molecular complexity index is 749. The maximum absolute atomic E-state index is 5.51. The van der Waals surface area contributed by atoms with Crippen LogP contribution in [0, 0.1) is 12.8 Å². The summed E-state index contributed by atoms with van der Waals surface area (Å²) < 4.78 is 5.51. The number of aryl methyl sites for hydroxylation is 1. The van der Waals surface area contributed by atoms with Gasteiger partial charge >= 0.3 is 0 Å². The van der Waals surface area contributed by atoms with Gasteiger partial charge in [0.1, 0.15) is 5.75 Å². The van der Waals surface area contributed by atoms with E-state index in [-0.39, 0.29) is 5.54 Å². The van der Waals surface area contributed by atoms with Crippen LogP contribution in [0.4, 0.5) is 5.69 Å².